The van der Waals surface area contributed by atoms with E-state index in [1.54, 1.807) is 6.07 Å². The van der Waals surface area contributed by atoms with Crippen LogP contribution in [0, 0.1) is 0 Å². The van der Waals surface area contributed by atoms with Gasteiger partial charge in [0.1, 0.15) is 0 Å². The van der Waals surface area contributed by atoms with Crippen LogP contribution >= 0.6 is 24.0 Å². The summed E-state index contributed by atoms with van der Waals surface area (Å²) in [6.07, 6.45) is -0.161. The second-order valence-electron chi connectivity index (χ2n) is 6.64. The number of benzene rings is 1. The molecule has 0 aliphatic heterocycles. The molecule has 0 amide bonds. The standard InChI is InChI=1S/C21H24F3N5O.HI/c1-2-25-20(27-10-8-16-13-28-18-6-4-3-5-17(16)18)29-12-15-7-9-26-19(11-15)30-14-21(22,23)24;/h3-7,9,11,13,28H,2,8,10,12,14H2,1H3,(H2,25,27,29);1H. The lowest BCUT2D eigenvalue weighted by atomic mass is 10.1. The molecule has 0 aliphatic carbocycles. The minimum Gasteiger partial charge on any atom is -0.468 e. The van der Waals surface area contributed by atoms with E-state index in [1.165, 1.54) is 23.2 Å². The Morgan fingerprint density at radius 3 is 2.77 bits per heavy atom. The highest BCUT2D eigenvalue weighted by Crippen LogP contribution is 2.18. The molecule has 0 radical (unpaired) electrons. The van der Waals surface area contributed by atoms with Crippen LogP contribution in [0.2, 0.25) is 0 Å². The van der Waals surface area contributed by atoms with Crippen molar-refractivity contribution in [2.45, 2.75) is 26.1 Å². The van der Waals surface area contributed by atoms with Crippen molar-refractivity contribution in [3.8, 4) is 5.88 Å². The first kappa shape index (κ1) is 24.8. The lowest BCUT2D eigenvalue weighted by Gasteiger charge is -2.12. The smallest absolute Gasteiger partial charge is 0.422 e. The van der Waals surface area contributed by atoms with Crippen molar-refractivity contribution in [1.29, 1.82) is 0 Å². The van der Waals surface area contributed by atoms with Crippen LogP contribution in [-0.4, -0.2) is 41.8 Å². The van der Waals surface area contributed by atoms with Crippen LogP contribution in [0.1, 0.15) is 18.1 Å². The van der Waals surface area contributed by atoms with Gasteiger partial charge in [-0.3, -0.25) is 0 Å². The number of alkyl halides is 3. The van der Waals surface area contributed by atoms with Crippen LogP contribution in [0.25, 0.3) is 10.9 Å². The number of rotatable bonds is 8. The van der Waals surface area contributed by atoms with Gasteiger partial charge in [0.05, 0.1) is 6.54 Å². The number of guanidine groups is 1. The van der Waals surface area contributed by atoms with Gasteiger partial charge < -0.3 is 20.4 Å². The van der Waals surface area contributed by atoms with Gasteiger partial charge in [-0.15, -0.1) is 24.0 Å². The molecule has 3 N–H and O–H groups in total. The summed E-state index contributed by atoms with van der Waals surface area (Å²) < 4.78 is 41.6. The van der Waals surface area contributed by atoms with Crippen molar-refractivity contribution >= 4 is 40.8 Å². The third-order valence-electron chi connectivity index (χ3n) is 4.31. The zero-order valence-electron chi connectivity index (χ0n) is 17.0. The van der Waals surface area contributed by atoms with Crippen molar-refractivity contribution in [2.75, 3.05) is 19.7 Å². The Labute approximate surface area is 195 Å². The van der Waals surface area contributed by atoms with Crippen LogP contribution in [0.5, 0.6) is 5.88 Å². The number of hydrogen-bond donors (Lipinski definition) is 3. The molecule has 0 spiro atoms. The number of nitrogens with zero attached hydrogens (tertiary/aromatic N) is 2. The Hall–Kier alpha value is -2.50. The van der Waals surface area contributed by atoms with E-state index in [1.807, 2.05) is 31.3 Å². The summed E-state index contributed by atoms with van der Waals surface area (Å²) in [6.45, 7) is 2.25. The Morgan fingerprint density at radius 2 is 2.00 bits per heavy atom. The summed E-state index contributed by atoms with van der Waals surface area (Å²) in [7, 11) is 0. The zero-order valence-corrected chi connectivity index (χ0v) is 19.3. The molecule has 1 aromatic carbocycles. The molecule has 2 heterocycles. The van der Waals surface area contributed by atoms with Crippen LogP contribution in [-0.2, 0) is 13.0 Å². The van der Waals surface area contributed by atoms with Crippen molar-refractivity contribution in [3.05, 3.63) is 59.9 Å². The molecule has 0 unspecified atom stereocenters. The largest absolute Gasteiger partial charge is 0.468 e. The zero-order chi connectivity index (χ0) is 21.4. The predicted molar refractivity (Wildman–Crippen MR) is 126 cm³/mol. The first-order valence-electron chi connectivity index (χ1n) is 9.66. The van der Waals surface area contributed by atoms with Gasteiger partial charge in [-0.05, 0) is 36.6 Å². The molecule has 0 atom stereocenters. The number of ether oxygens (including phenoxy) is 1. The number of halogens is 4. The second kappa shape index (κ2) is 11.8. The molecule has 0 saturated heterocycles. The highest BCUT2D eigenvalue weighted by Gasteiger charge is 2.28. The van der Waals surface area contributed by atoms with E-state index in [0.717, 1.165) is 11.9 Å². The fourth-order valence-electron chi connectivity index (χ4n) is 2.95. The third-order valence-corrected chi connectivity index (χ3v) is 4.31. The minimum absolute atomic E-state index is 0. The van der Waals surface area contributed by atoms with Gasteiger partial charge in [0.25, 0.3) is 0 Å². The molecule has 0 fully saturated rings. The summed E-state index contributed by atoms with van der Waals surface area (Å²) in [6, 6.07) is 11.3. The average molecular weight is 547 g/mol. The number of para-hydroxylation sites is 1. The molecule has 6 nitrogen and oxygen atoms in total. The van der Waals surface area contributed by atoms with Gasteiger partial charge in [0, 0.05) is 42.5 Å². The maximum Gasteiger partial charge on any atom is 0.422 e. The third kappa shape index (κ3) is 7.93. The van der Waals surface area contributed by atoms with Crippen molar-refractivity contribution in [1.82, 2.24) is 20.6 Å². The van der Waals surface area contributed by atoms with E-state index in [9.17, 15) is 13.2 Å². The number of aromatic amines is 1. The molecular weight excluding hydrogens is 522 g/mol. The number of aromatic nitrogens is 2. The number of nitrogens with one attached hydrogen (secondary N) is 3. The molecule has 3 rings (SSSR count). The van der Waals surface area contributed by atoms with E-state index in [-0.39, 0.29) is 36.4 Å². The maximum absolute atomic E-state index is 12.3. The molecule has 3 aromatic rings. The summed E-state index contributed by atoms with van der Waals surface area (Å²) in [5.74, 6) is 0.559. The fraction of sp³-hybridized carbons (Fsp3) is 0.333. The first-order valence-corrected chi connectivity index (χ1v) is 9.66. The minimum atomic E-state index is -4.40. The molecule has 0 saturated carbocycles. The predicted octanol–water partition coefficient (Wildman–Crippen LogP) is 4.42. The van der Waals surface area contributed by atoms with Gasteiger partial charge in [-0.2, -0.15) is 13.2 Å². The normalized spacial score (nSPS) is 11.8. The second-order valence-corrected chi connectivity index (χ2v) is 6.64. The van der Waals surface area contributed by atoms with Gasteiger partial charge >= 0.3 is 6.18 Å². The highest BCUT2D eigenvalue weighted by molar-refractivity contribution is 14.0. The fourth-order valence-corrected chi connectivity index (χ4v) is 2.95. The molecule has 0 bridgehead atoms. The van der Waals surface area contributed by atoms with Crippen molar-refractivity contribution in [3.63, 3.8) is 0 Å². The molecule has 0 aliphatic rings. The Kier molecular flexibility index (Phi) is 9.41. The van der Waals surface area contributed by atoms with E-state index in [0.29, 0.717) is 24.6 Å². The molecule has 10 heteroatoms. The summed E-state index contributed by atoms with van der Waals surface area (Å²) >= 11 is 0. The Morgan fingerprint density at radius 1 is 1.19 bits per heavy atom. The Balaban J connectivity index is 0.00000341. The highest BCUT2D eigenvalue weighted by atomic mass is 127. The Bertz CT molecular complexity index is 990. The van der Waals surface area contributed by atoms with Crippen molar-refractivity contribution < 1.29 is 17.9 Å². The summed E-state index contributed by atoms with van der Waals surface area (Å²) in [4.78, 5) is 11.6. The van der Waals surface area contributed by atoms with Crippen LogP contribution in [0.15, 0.2) is 53.8 Å². The van der Waals surface area contributed by atoms with Gasteiger partial charge in [-0.1, -0.05) is 18.2 Å². The van der Waals surface area contributed by atoms with E-state index in [4.69, 9.17) is 0 Å². The van der Waals surface area contributed by atoms with Crippen LogP contribution in [0.4, 0.5) is 13.2 Å². The average Bonchev–Trinajstić information content (AvgIpc) is 3.13. The van der Waals surface area contributed by atoms with Crippen LogP contribution in [0.3, 0.4) is 0 Å². The monoisotopic (exact) mass is 547 g/mol. The van der Waals surface area contributed by atoms with E-state index >= 15 is 0 Å². The summed E-state index contributed by atoms with van der Waals surface area (Å²) in [5, 5.41) is 7.65. The van der Waals surface area contributed by atoms with Gasteiger partial charge in [-0.25, -0.2) is 9.98 Å². The lowest BCUT2D eigenvalue weighted by Crippen LogP contribution is -2.38. The molecule has 2 aromatic heterocycles. The number of H-pyrrole nitrogens is 1. The molecular formula is C21H25F3IN5O. The quantitative estimate of drug-likeness (QED) is 0.222. The topological polar surface area (TPSA) is 74.3 Å². The lowest BCUT2D eigenvalue weighted by molar-refractivity contribution is -0.154. The van der Waals surface area contributed by atoms with E-state index in [2.05, 4.69) is 36.4 Å². The maximum atomic E-state index is 12.3. The van der Waals surface area contributed by atoms with Gasteiger partial charge in [0.2, 0.25) is 5.88 Å². The van der Waals surface area contributed by atoms with E-state index < -0.39 is 12.8 Å². The first-order chi connectivity index (χ1) is 14.4. The number of pyridine rings is 1. The number of hydrogen-bond acceptors (Lipinski definition) is 3. The molecule has 31 heavy (non-hydrogen) atoms. The van der Waals surface area contributed by atoms with Crippen molar-refractivity contribution in [2.24, 2.45) is 4.99 Å². The van der Waals surface area contributed by atoms with Crippen LogP contribution < -0.4 is 15.4 Å². The molecule has 168 valence electrons. The number of aliphatic imine (C=N–C) groups is 1. The SMILES string of the molecule is CCNC(=NCc1ccnc(OCC(F)(F)F)c1)NCCc1c[nH]c2ccccc12.I. The number of fused-ring (bicyclic) bond motifs is 1. The summed E-state index contributed by atoms with van der Waals surface area (Å²) in [5.41, 5.74) is 3.03. The van der Waals surface area contributed by atoms with Gasteiger partial charge in [0.15, 0.2) is 12.6 Å².